The summed E-state index contributed by atoms with van der Waals surface area (Å²) in [6.07, 6.45) is 0. The molecule has 1 aromatic rings. The van der Waals surface area contributed by atoms with E-state index >= 15 is 0 Å². The average molecular weight is 228 g/mol. The van der Waals surface area contributed by atoms with Crippen LogP contribution < -0.4 is 5.32 Å². The van der Waals surface area contributed by atoms with Crippen molar-refractivity contribution in [1.82, 2.24) is 0 Å². The van der Waals surface area contributed by atoms with Gasteiger partial charge in [-0.25, -0.2) is 4.79 Å². The molecule has 17 heavy (non-hydrogen) atoms. The summed E-state index contributed by atoms with van der Waals surface area (Å²) in [6.45, 7) is 0. The molecule has 5 heteroatoms. The molecule has 1 aromatic carbocycles. The van der Waals surface area contributed by atoms with E-state index in [0.717, 1.165) is 0 Å². The summed E-state index contributed by atoms with van der Waals surface area (Å²) >= 11 is 0. The molecule has 1 amide bonds. The Morgan fingerprint density at radius 1 is 1.41 bits per heavy atom. The summed E-state index contributed by atoms with van der Waals surface area (Å²) in [5.74, 6) is -1.28. The third-order valence-electron chi connectivity index (χ3n) is 2.42. The lowest BCUT2D eigenvalue weighted by Gasteiger charge is -2.00. The predicted molar refractivity (Wildman–Crippen MR) is 59.6 cm³/mol. The predicted octanol–water partition coefficient (Wildman–Crippen LogP) is 1.09. The van der Waals surface area contributed by atoms with Crippen LogP contribution in [0.25, 0.3) is 5.57 Å². The first-order chi connectivity index (χ1) is 8.19. The summed E-state index contributed by atoms with van der Waals surface area (Å²) < 4.78 is 4.48. The van der Waals surface area contributed by atoms with Gasteiger partial charge in [0.1, 0.15) is 6.07 Å². The van der Waals surface area contributed by atoms with E-state index in [4.69, 9.17) is 5.26 Å². The number of nitrogens with zero attached hydrogens (tertiary/aromatic N) is 1. The molecule has 1 aliphatic heterocycles. The molecule has 0 saturated carbocycles. The summed E-state index contributed by atoms with van der Waals surface area (Å²) in [6, 6.07) is 8.56. The molecule has 0 unspecified atom stereocenters. The maximum Gasteiger partial charge on any atom is 0.349 e. The highest BCUT2D eigenvalue weighted by atomic mass is 16.5. The van der Waals surface area contributed by atoms with Crippen LogP contribution in [0.1, 0.15) is 5.56 Å². The van der Waals surface area contributed by atoms with Gasteiger partial charge in [-0.15, -0.1) is 0 Å². The number of esters is 1. The van der Waals surface area contributed by atoms with Crippen LogP contribution in [0.3, 0.4) is 0 Å². The molecule has 0 aromatic heterocycles. The van der Waals surface area contributed by atoms with Gasteiger partial charge in [0.25, 0.3) is 5.91 Å². The quantitative estimate of drug-likeness (QED) is 0.443. The van der Waals surface area contributed by atoms with Gasteiger partial charge in [-0.3, -0.25) is 4.79 Å². The number of carbonyl (C=O) groups is 2. The van der Waals surface area contributed by atoms with Crippen LogP contribution >= 0.6 is 0 Å². The molecule has 1 heterocycles. The van der Waals surface area contributed by atoms with Crippen molar-refractivity contribution >= 4 is 23.1 Å². The van der Waals surface area contributed by atoms with Gasteiger partial charge in [-0.1, -0.05) is 18.2 Å². The Kier molecular flexibility index (Phi) is 2.63. The second-order valence-corrected chi connectivity index (χ2v) is 3.35. The van der Waals surface area contributed by atoms with E-state index in [9.17, 15) is 9.59 Å². The second-order valence-electron chi connectivity index (χ2n) is 3.35. The number of amides is 1. The summed E-state index contributed by atoms with van der Waals surface area (Å²) in [7, 11) is 1.17. The van der Waals surface area contributed by atoms with E-state index in [2.05, 4.69) is 10.1 Å². The molecule has 0 aliphatic carbocycles. The highest BCUT2D eigenvalue weighted by molar-refractivity contribution is 6.35. The van der Waals surface area contributed by atoms with Gasteiger partial charge in [0.15, 0.2) is 5.57 Å². The van der Waals surface area contributed by atoms with Crippen molar-refractivity contribution in [3.05, 3.63) is 35.4 Å². The van der Waals surface area contributed by atoms with Gasteiger partial charge in [0.2, 0.25) is 0 Å². The minimum absolute atomic E-state index is 0.0648. The Morgan fingerprint density at radius 2 is 2.12 bits per heavy atom. The Bertz CT molecular complexity index is 582. The number of hydrogen-bond acceptors (Lipinski definition) is 4. The fourth-order valence-corrected chi connectivity index (χ4v) is 1.67. The van der Waals surface area contributed by atoms with Crippen LogP contribution in [0.5, 0.6) is 0 Å². The first kappa shape index (κ1) is 10.9. The number of ether oxygens (including phenoxy) is 1. The molecular weight excluding hydrogens is 220 g/mol. The van der Waals surface area contributed by atoms with Crippen molar-refractivity contribution in [3.63, 3.8) is 0 Å². The molecule has 0 atom stereocenters. The summed E-state index contributed by atoms with van der Waals surface area (Å²) in [4.78, 5) is 23.1. The fourth-order valence-electron chi connectivity index (χ4n) is 1.67. The van der Waals surface area contributed by atoms with Crippen LogP contribution in [-0.4, -0.2) is 19.0 Å². The summed E-state index contributed by atoms with van der Waals surface area (Å²) in [5, 5.41) is 11.5. The normalized spacial score (nSPS) is 15.6. The zero-order valence-electron chi connectivity index (χ0n) is 8.98. The number of methoxy groups -OCH3 is 1. The molecule has 2 rings (SSSR count). The van der Waals surface area contributed by atoms with E-state index in [1.165, 1.54) is 7.11 Å². The maximum absolute atomic E-state index is 11.7. The lowest BCUT2D eigenvalue weighted by Crippen LogP contribution is -2.11. The zero-order valence-corrected chi connectivity index (χ0v) is 8.98. The number of nitriles is 1. The van der Waals surface area contributed by atoms with Crippen LogP contribution in [-0.2, 0) is 14.3 Å². The monoisotopic (exact) mass is 228 g/mol. The molecule has 0 saturated heterocycles. The molecule has 84 valence electrons. The van der Waals surface area contributed by atoms with Crippen molar-refractivity contribution in [2.24, 2.45) is 0 Å². The first-order valence-corrected chi connectivity index (χ1v) is 4.82. The molecule has 1 aliphatic rings. The van der Waals surface area contributed by atoms with Crippen LogP contribution in [0, 0.1) is 11.3 Å². The van der Waals surface area contributed by atoms with Gasteiger partial charge >= 0.3 is 5.97 Å². The van der Waals surface area contributed by atoms with Gasteiger partial charge in [0.05, 0.1) is 12.7 Å². The number of carbonyl (C=O) groups excluding carboxylic acids is 2. The van der Waals surface area contributed by atoms with Crippen LogP contribution in [0.15, 0.2) is 29.8 Å². The van der Waals surface area contributed by atoms with Crippen LogP contribution in [0.4, 0.5) is 5.69 Å². The Labute approximate surface area is 97.3 Å². The molecule has 0 bridgehead atoms. The van der Waals surface area contributed by atoms with E-state index in [-0.39, 0.29) is 11.1 Å². The zero-order chi connectivity index (χ0) is 12.4. The maximum atomic E-state index is 11.7. The minimum atomic E-state index is -0.811. The molecule has 1 N–H and O–H groups in total. The Morgan fingerprint density at radius 3 is 2.76 bits per heavy atom. The molecular formula is C12H8N2O3. The van der Waals surface area contributed by atoms with Crippen molar-refractivity contribution in [3.8, 4) is 6.07 Å². The second kappa shape index (κ2) is 4.10. The lowest BCUT2D eigenvalue weighted by molar-refractivity contribution is -0.135. The van der Waals surface area contributed by atoms with Crippen molar-refractivity contribution in [2.75, 3.05) is 12.4 Å². The van der Waals surface area contributed by atoms with Gasteiger partial charge < -0.3 is 10.1 Å². The Balaban J connectivity index is 2.67. The SMILES string of the molecule is COC(=O)/C(C#N)=C1/C(=O)Nc2ccccc21. The number of hydrogen-bond donors (Lipinski definition) is 1. The number of fused-ring (bicyclic) bond motifs is 1. The van der Waals surface area contributed by atoms with E-state index in [1.807, 2.05) is 0 Å². The third-order valence-corrected chi connectivity index (χ3v) is 2.42. The van der Waals surface area contributed by atoms with Crippen molar-refractivity contribution in [2.45, 2.75) is 0 Å². The number of benzene rings is 1. The lowest BCUT2D eigenvalue weighted by atomic mass is 10.0. The highest BCUT2D eigenvalue weighted by Gasteiger charge is 2.30. The molecule has 0 spiro atoms. The largest absolute Gasteiger partial charge is 0.465 e. The van der Waals surface area contributed by atoms with Crippen molar-refractivity contribution in [1.29, 1.82) is 5.26 Å². The fraction of sp³-hybridized carbons (Fsp3) is 0.0833. The van der Waals surface area contributed by atoms with Crippen LogP contribution in [0.2, 0.25) is 0 Å². The van der Waals surface area contributed by atoms with E-state index in [1.54, 1.807) is 30.3 Å². The summed E-state index contributed by atoms with van der Waals surface area (Å²) in [5.41, 5.74) is 0.911. The number of nitrogens with one attached hydrogen (secondary N) is 1. The average Bonchev–Trinajstić information content (AvgIpc) is 2.67. The highest BCUT2D eigenvalue weighted by Crippen LogP contribution is 2.33. The smallest absolute Gasteiger partial charge is 0.349 e. The number of rotatable bonds is 1. The third kappa shape index (κ3) is 1.66. The van der Waals surface area contributed by atoms with E-state index < -0.39 is 11.9 Å². The number of para-hydroxylation sites is 1. The van der Waals surface area contributed by atoms with E-state index in [0.29, 0.717) is 11.3 Å². The number of anilines is 1. The standard InChI is InChI=1S/C12H8N2O3/c1-17-12(16)8(6-13)10-7-4-2-3-5-9(7)14-11(10)15/h2-5H,1H3,(H,14,15)/b10-8+. The van der Waals surface area contributed by atoms with Gasteiger partial charge in [-0.2, -0.15) is 5.26 Å². The minimum Gasteiger partial charge on any atom is -0.465 e. The Hall–Kier alpha value is -2.61. The molecule has 0 radical (unpaired) electrons. The topological polar surface area (TPSA) is 79.2 Å². The molecule has 0 fully saturated rings. The first-order valence-electron chi connectivity index (χ1n) is 4.82. The van der Waals surface area contributed by atoms with Crippen molar-refractivity contribution < 1.29 is 14.3 Å². The molecule has 5 nitrogen and oxygen atoms in total. The van der Waals surface area contributed by atoms with Gasteiger partial charge in [-0.05, 0) is 6.07 Å². The van der Waals surface area contributed by atoms with Gasteiger partial charge in [0, 0.05) is 11.3 Å².